The minimum absolute atomic E-state index is 0.00707. The Morgan fingerprint density at radius 2 is 2.05 bits per heavy atom. The zero-order valence-corrected chi connectivity index (χ0v) is 11.8. The molecule has 0 saturated carbocycles. The third-order valence-electron chi connectivity index (χ3n) is 2.75. The van der Waals surface area contributed by atoms with Crippen molar-refractivity contribution in [3.05, 3.63) is 57.8 Å². The van der Waals surface area contributed by atoms with Gasteiger partial charge in [0, 0.05) is 12.1 Å². The topological polar surface area (TPSA) is 69.6 Å². The van der Waals surface area contributed by atoms with Crippen molar-refractivity contribution in [1.82, 2.24) is 0 Å². The Bertz CT molecular complexity index is 661. The number of rotatable bonds is 4. The van der Waals surface area contributed by atoms with E-state index in [0.717, 1.165) is 6.07 Å². The number of aromatic carboxylic acids is 1. The third-order valence-corrected chi connectivity index (χ3v) is 3.39. The van der Waals surface area contributed by atoms with E-state index in [1.165, 1.54) is 12.1 Å². The minimum atomic E-state index is -1.13. The van der Waals surface area contributed by atoms with Crippen LogP contribution in [-0.2, 0) is 6.54 Å². The van der Waals surface area contributed by atoms with Gasteiger partial charge in [-0.05, 0) is 40.2 Å². The summed E-state index contributed by atoms with van der Waals surface area (Å²) >= 11 is 3.19. The zero-order chi connectivity index (χ0) is 14.7. The lowest BCUT2D eigenvalue weighted by molar-refractivity contribution is 0.0697. The van der Waals surface area contributed by atoms with E-state index in [9.17, 15) is 14.3 Å². The van der Waals surface area contributed by atoms with Crippen molar-refractivity contribution in [3.8, 4) is 5.75 Å². The van der Waals surface area contributed by atoms with Gasteiger partial charge in [0.05, 0.1) is 15.7 Å². The fourth-order valence-electron chi connectivity index (χ4n) is 1.69. The molecule has 104 valence electrons. The van der Waals surface area contributed by atoms with Crippen LogP contribution >= 0.6 is 15.9 Å². The molecule has 0 fully saturated rings. The zero-order valence-electron chi connectivity index (χ0n) is 10.2. The molecule has 0 aliphatic carbocycles. The molecule has 6 heteroatoms. The van der Waals surface area contributed by atoms with Gasteiger partial charge in [0.1, 0.15) is 11.6 Å². The van der Waals surface area contributed by atoms with Gasteiger partial charge in [-0.3, -0.25) is 0 Å². The maximum absolute atomic E-state index is 13.6. The van der Waals surface area contributed by atoms with Gasteiger partial charge in [-0.1, -0.05) is 12.1 Å². The summed E-state index contributed by atoms with van der Waals surface area (Å²) in [6.45, 7) is 0.172. The molecule has 0 atom stereocenters. The Labute approximate surface area is 123 Å². The molecule has 0 unspecified atom stereocenters. The molecule has 0 aliphatic rings. The molecule has 2 aromatic rings. The molecule has 0 spiro atoms. The second-order valence-electron chi connectivity index (χ2n) is 4.10. The van der Waals surface area contributed by atoms with Crippen LogP contribution in [0.3, 0.4) is 0 Å². The van der Waals surface area contributed by atoms with Crippen molar-refractivity contribution in [2.45, 2.75) is 6.54 Å². The van der Waals surface area contributed by atoms with E-state index in [1.807, 2.05) is 0 Å². The first-order valence-corrected chi connectivity index (χ1v) is 6.51. The first kappa shape index (κ1) is 14.3. The van der Waals surface area contributed by atoms with E-state index in [0.29, 0.717) is 10.0 Å². The van der Waals surface area contributed by atoms with Crippen LogP contribution in [-0.4, -0.2) is 16.2 Å². The predicted molar refractivity (Wildman–Crippen MR) is 76.5 cm³/mol. The van der Waals surface area contributed by atoms with Crippen molar-refractivity contribution >= 4 is 27.6 Å². The standard InChI is InChI=1S/C14H11BrFNO3/c15-10-3-1-2-9(13(10)18)7-17-12-6-8(14(19)20)4-5-11(12)16/h1-6,17-18H,7H2,(H,19,20). The molecule has 4 nitrogen and oxygen atoms in total. The van der Waals surface area contributed by atoms with Gasteiger partial charge in [-0.25, -0.2) is 9.18 Å². The molecule has 2 aromatic carbocycles. The highest BCUT2D eigenvalue weighted by molar-refractivity contribution is 9.10. The number of hydrogen-bond acceptors (Lipinski definition) is 3. The summed E-state index contributed by atoms with van der Waals surface area (Å²) < 4.78 is 14.1. The molecule has 0 radical (unpaired) electrons. The highest BCUT2D eigenvalue weighted by Gasteiger charge is 2.09. The number of halogens is 2. The van der Waals surface area contributed by atoms with E-state index >= 15 is 0 Å². The Kier molecular flexibility index (Phi) is 4.24. The Balaban J connectivity index is 2.20. The van der Waals surface area contributed by atoms with Crippen molar-refractivity contribution in [3.63, 3.8) is 0 Å². The van der Waals surface area contributed by atoms with Crippen LogP contribution in [0.25, 0.3) is 0 Å². The highest BCUT2D eigenvalue weighted by atomic mass is 79.9. The molecular formula is C14H11BrFNO3. The number of aromatic hydroxyl groups is 1. The Morgan fingerprint density at radius 1 is 1.30 bits per heavy atom. The number of carboxylic acid groups (broad SMARTS) is 1. The van der Waals surface area contributed by atoms with Crippen LogP contribution < -0.4 is 5.32 Å². The number of carboxylic acids is 1. The SMILES string of the molecule is O=C(O)c1ccc(F)c(NCc2cccc(Br)c2O)c1. The normalized spacial score (nSPS) is 10.3. The summed E-state index contributed by atoms with van der Waals surface area (Å²) in [7, 11) is 0. The molecule has 0 amide bonds. The van der Waals surface area contributed by atoms with Crippen molar-refractivity contribution in [2.75, 3.05) is 5.32 Å². The largest absolute Gasteiger partial charge is 0.506 e. The number of para-hydroxylation sites is 1. The van der Waals surface area contributed by atoms with Gasteiger partial charge in [0.25, 0.3) is 0 Å². The van der Waals surface area contributed by atoms with Gasteiger partial charge < -0.3 is 15.5 Å². The van der Waals surface area contributed by atoms with E-state index < -0.39 is 11.8 Å². The van der Waals surface area contributed by atoms with E-state index in [-0.39, 0.29) is 23.5 Å². The summed E-state index contributed by atoms with van der Waals surface area (Å²) in [6.07, 6.45) is 0. The Morgan fingerprint density at radius 3 is 2.75 bits per heavy atom. The lowest BCUT2D eigenvalue weighted by Crippen LogP contribution is -2.04. The molecule has 2 rings (SSSR count). The molecule has 20 heavy (non-hydrogen) atoms. The second kappa shape index (κ2) is 5.92. The average molecular weight is 340 g/mol. The molecule has 0 bridgehead atoms. The first-order valence-electron chi connectivity index (χ1n) is 5.72. The van der Waals surface area contributed by atoms with Crippen molar-refractivity contribution in [2.24, 2.45) is 0 Å². The number of benzene rings is 2. The molecular weight excluding hydrogens is 329 g/mol. The molecule has 0 aliphatic heterocycles. The number of carbonyl (C=O) groups is 1. The van der Waals surface area contributed by atoms with E-state index in [4.69, 9.17) is 5.11 Å². The van der Waals surface area contributed by atoms with Gasteiger partial charge >= 0.3 is 5.97 Å². The molecule has 0 aromatic heterocycles. The second-order valence-corrected chi connectivity index (χ2v) is 4.96. The van der Waals surface area contributed by atoms with E-state index in [2.05, 4.69) is 21.2 Å². The number of hydrogen-bond donors (Lipinski definition) is 3. The van der Waals surface area contributed by atoms with Gasteiger partial charge in [0.15, 0.2) is 0 Å². The van der Waals surface area contributed by atoms with Crippen molar-refractivity contribution < 1.29 is 19.4 Å². The van der Waals surface area contributed by atoms with E-state index in [1.54, 1.807) is 18.2 Å². The van der Waals surface area contributed by atoms with Gasteiger partial charge in [0.2, 0.25) is 0 Å². The van der Waals surface area contributed by atoms with Crippen LogP contribution in [0.2, 0.25) is 0 Å². The lowest BCUT2D eigenvalue weighted by Gasteiger charge is -2.10. The fourth-order valence-corrected chi connectivity index (χ4v) is 2.09. The molecule has 0 heterocycles. The summed E-state index contributed by atoms with van der Waals surface area (Å²) in [5.74, 6) is -1.61. The third kappa shape index (κ3) is 3.08. The maximum Gasteiger partial charge on any atom is 0.335 e. The van der Waals surface area contributed by atoms with Gasteiger partial charge in [-0.2, -0.15) is 0 Å². The summed E-state index contributed by atoms with van der Waals surface area (Å²) in [5.41, 5.74) is 0.635. The van der Waals surface area contributed by atoms with Crippen LogP contribution in [0, 0.1) is 5.82 Å². The van der Waals surface area contributed by atoms with Crippen LogP contribution in [0.5, 0.6) is 5.75 Å². The highest BCUT2D eigenvalue weighted by Crippen LogP contribution is 2.28. The smallest absolute Gasteiger partial charge is 0.335 e. The summed E-state index contributed by atoms with van der Waals surface area (Å²) in [5, 5.41) is 21.5. The number of anilines is 1. The number of nitrogens with one attached hydrogen (secondary N) is 1. The monoisotopic (exact) mass is 339 g/mol. The molecule has 0 saturated heterocycles. The lowest BCUT2D eigenvalue weighted by atomic mass is 10.1. The van der Waals surface area contributed by atoms with Crippen LogP contribution in [0.1, 0.15) is 15.9 Å². The minimum Gasteiger partial charge on any atom is -0.506 e. The number of phenols is 1. The fraction of sp³-hybridized carbons (Fsp3) is 0.0714. The van der Waals surface area contributed by atoms with Crippen LogP contribution in [0.4, 0.5) is 10.1 Å². The average Bonchev–Trinajstić information content (AvgIpc) is 2.41. The van der Waals surface area contributed by atoms with Gasteiger partial charge in [-0.15, -0.1) is 0 Å². The van der Waals surface area contributed by atoms with Crippen LogP contribution in [0.15, 0.2) is 40.9 Å². The number of phenolic OH excluding ortho intramolecular Hbond substituents is 1. The quantitative estimate of drug-likeness (QED) is 0.795. The first-order chi connectivity index (χ1) is 9.49. The predicted octanol–water partition coefficient (Wildman–Crippen LogP) is 3.60. The van der Waals surface area contributed by atoms with Crippen molar-refractivity contribution in [1.29, 1.82) is 0 Å². The molecule has 3 N–H and O–H groups in total. The summed E-state index contributed by atoms with van der Waals surface area (Å²) in [6, 6.07) is 8.61. The summed E-state index contributed by atoms with van der Waals surface area (Å²) in [4.78, 5) is 10.8. The maximum atomic E-state index is 13.6. The Hall–Kier alpha value is -2.08.